The summed E-state index contributed by atoms with van der Waals surface area (Å²) < 4.78 is 2.26. The molecule has 0 radical (unpaired) electrons. The zero-order valence-electron chi connectivity index (χ0n) is 9.25. The smallest absolute Gasteiger partial charge is 0.0991 e. The average Bonchev–Trinajstić information content (AvgIpc) is 2.64. The molecule has 1 aromatic carbocycles. The van der Waals surface area contributed by atoms with E-state index in [1.54, 1.807) is 0 Å². The molecule has 2 heterocycles. The van der Waals surface area contributed by atoms with Crippen molar-refractivity contribution in [2.45, 2.75) is 13.0 Å². The number of fused-ring (bicyclic) bond motifs is 3. The first-order valence-electron chi connectivity index (χ1n) is 5.52. The standard InChI is InChI=1S/C13H13N3/c1-16-12-3-2-9(7-14)6-10(12)11-8-15-5-4-13(11)16/h2-3,6,15H,4-5,8H2,1H3. The third-order valence-electron chi connectivity index (χ3n) is 3.41. The van der Waals surface area contributed by atoms with Crippen LogP contribution in [0.15, 0.2) is 18.2 Å². The molecule has 0 amide bonds. The number of hydrogen-bond donors (Lipinski definition) is 1. The number of benzene rings is 1. The molecule has 1 aliphatic heterocycles. The fraction of sp³-hybridized carbons (Fsp3) is 0.308. The summed E-state index contributed by atoms with van der Waals surface area (Å²) >= 11 is 0. The molecule has 1 aromatic heterocycles. The monoisotopic (exact) mass is 211 g/mol. The molecule has 0 saturated carbocycles. The number of nitriles is 1. The lowest BCUT2D eigenvalue weighted by Gasteiger charge is -2.14. The molecule has 3 rings (SSSR count). The first-order valence-corrected chi connectivity index (χ1v) is 5.52. The zero-order valence-corrected chi connectivity index (χ0v) is 9.25. The molecule has 0 aliphatic carbocycles. The van der Waals surface area contributed by atoms with Crippen LogP contribution < -0.4 is 5.32 Å². The summed E-state index contributed by atoms with van der Waals surface area (Å²) in [5.41, 5.74) is 4.74. The summed E-state index contributed by atoms with van der Waals surface area (Å²) in [7, 11) is 2.11. The van der Waals surface area contributed by atoms with Crippen LogP contribution in [0.4, 0.5) is 0 Å². The van der Waals surface area contributed by atoms with Gasteiger partial charge in [0.2, 0.25) is 0 Å². The van der Waals surface area contributed by atoms with Gasteiger partial charge in [-0.25, -0.2) is 0 Å². The molecule has 0 fully saturated rings. The van der Waals surface area contributed by atoms with Gasteiger partial charge in [0.25, 0.3) is 0 Å². The van der Waals surface area contributed by atoms with E-state index in [2.05, 4.69) is 23.0 Å². The normalized spacial score (nSPS) is 14.8. The Hall–Kier alpha value is -1.79. The fourth-order valence-electron chi connectivity index (χ4n) is 2.58. The van der Waals surface area contributed by atoms with E-state index in [0.29, 0.717) is 0 Å². The molecule has 0 unspecified atom stereocenters. The van der Waals surface area contributed by atoms with Crippen molar-refractivity contribution in [1.29, 1.82) is 5.26 Å². The molecule has 1 N–H and O–H groups in total. The summed E-state index contributed by atoms with van der Waals surface area (Å²) in [5, 5.41) is 13.5. The van der Waals surface area contributed by atoms with Crippen molar-refractivity contribution in [2.75, 3.05) is 6.54 Å². The van der Waals surface area contributed by atoms with Gasteiger partial charge in [0.05, 0.1) is 11.6 Å². The summed E-state index contributed by atoms with van der Waals surface area (Å²) in [5.74, 6) is 0. The Morgan fingerprint density at radius 3 is 3.12 bits per heavy atom. The number of nitrogens with zero attached hydrogens (tertiary/aromatic N) is 2. The second kappa shape index (κ2) is 3.36. The van der Waals surface area contributed by atoms with Crippen molar-refractivity contribution in [3.05, 3.63) is 35.0 Å². The molecule has 0 spiro atoms. The van der Waals surface area contributed by atoms with Gasteiger partial charge in [-0.2, -0.15) is 5.26 Å². The number of nitrogens with one attached hydrogen (secondary N) is 1. The highest BCUT2D eigenvalue weighted by Gasteiger charge is 2.17. The van der Waals surface area contributed by atoms with Crippen molar-refractivity contribution in [3.8, 4) is 6.07 Å². The molecule has 1 aliphatic rings. The Bertz CT molecular complexity index is 602. The zero-order chi connectivity index (χ0) is 11.1. The molecule has 16 heavy (non-hydrogen) atoms. The largest absolute Gasteiger partial charge is 0.347 e. The lowest BCUT2D eigenvalue weighted by Crippen LogP contribution is -2.24. The van der Waals surface area contributed by atoms with E-state index < -0.39 is 0 Å². The summed E-state index contributed by atoms with van der Waals surface area (Å²) in [6.07, 6.45) is 1.07. The summed E-state index contributed by atoms with van der Waals surface area (Å²) in [6, 6.07) is 8.14. The van der Waals surface area contributed by atoms with Crippen LogP contribution in [0.5, 0.6) is 0 Å². The van der Waals surface area contributed by atoms with E-state index >= 15 is 0 Å². The quantitative estimate of drug-likeness (QED) is 0.720. The predicted octanol–water partition coefficient (Wildman–Crippen LogP) is 1.70. The molecule has 0 atom stereocenters. The Morgan fingerprint density at radius 1 is 1.44 bits per heavy atom. The van der Waals surface area contributed by atoms with Gasteiger partial charge in [-0.15, -0.1) is 0 Å². The molecular formula is C13H13N3. The SMILES string of the molecule is Cn1c2c(c3cc(C#N)ccc31)CNCC2. The van der Waals surface area contributed by atoms with Crippen LogP contribution in [0, 0.1) is 11.3 Å². The molecule has 3 heteroatoms. The van der Waals surface area contributed by atoms with Gasteiger partial charge in [-0.3, -0.25) is 0 Å². The maximum absolute atomic E-state index is 8.94. The van der Waals surface area contributed by atoms with Crippen molar-refractivity contribution in [3.63, 3.8) is 0 Å². The molecule has 0 bridgehead atoms. The Labute approximate surface area is 94.3 Å². The number of rotatable bonds is 0. The molecule has 3 nitrogen and oxygen atoms in total. The lowest BCUT2D eigenvalue weighted by molar-refractivity contribution is 0.622. The first-order chi connectivity index (χ1) is 7.81. The van der Waals surface area contributed by atoms with Gasteiger partial charge in [0, 0.05) is 43.2 Å². The highest BCUT2D eigenvalue weighted by molar-refractivity contribution is 5.87. The Kier molecular flexibility index (Phi) is 1.98. The van der Waals surface area contributed by atoms with Crippen LogP contribution in [0.3, 0.4) is 0 Å². The highest BCUT2D eigenvalue weighted by Crippen LogP contribution is 2.28. The molecule has 0 saturated heterocycles. The van der Waals surface area contributed by atoms with Crippen LogP contribution >= 0.6 is 0 Å². The van der Waals surface area contributed by atoms with Gasteiger partial charge in [0.1, 0.15) is 0 Å². The summed E-state index contributed by atoms with van der Waals surface area (Å²) in [4.78, 5) is 0. The maximum Gasteiger partial charge on any atom is 0.0991 e. The van der Waals surface area contributed by atoms with Gasteiger partial charge in [-0.05, 0) is 23.8 Å². The van der Waals surface area contributed by atoms with Gasteiger partial charge < -0.3 is 9.88 Å². The van der Waals surface area contributed by atoms with Gasteiger partial charge >= 0.3 is 0 Å². The molecule has 2 aromatic rings. The van der Waals surface area contributed by atoms with Crippen LogP contribution in [0.25, 0.3) is 10.9 Å². The fourth-order valence-corrected chi connectivity index (χ4v) is 2.58. The Morgan fingerprint density at radius 2 is 2.31 bits per heavy atom. The average molecular weight is 211 g/mol. The van der Waals surface area contributed by atoms with Crippen molar-refractivity contribution in [1.82, 2.24) is 9.88 Å². The second-order valence-electron chi connectivity index (χ2n) is 4.25. The second-order valence-corrected chi connectivity index (χ2v) is 4.25. The topological polar surface area (TPSA) is 40.8 Å². The molecular weight excluding hydrogens is 198 g/mol. The first kappa shape index (κ1) is 9.44. The Balaban J connectivity index is 2.37. The maximum atomic E-state index is 8.94. The van der Waals surface area contributed by atoms with Crippen molar-refractivity contribution in [2.24, 2.45) is 7.05 Å². The minimum atomic E-state index is 0.742. The lowest BCUT2D eigenvalue weighted by atomic mass is 10.0. The van der Waals surface area contributed by atoms with Crippen molar-refractivity contribution >= 4 is 10.9 Å². The van der Waals surface area contributed by atoms with Crippen LogP contribution in [-0.2, 0) is 20.0 Å². The minimum absolute atomic E-state index is 0.742. The summed E-state index contributed by atoms with van der Waals surface area (Å²) in [6.45, 7) is 1.96. The minimum Gasteiger partial charge on any atom is -0.347 e. The number of aryl methyl sites for hydroxylation is 1. The van der Waals surface area contributed by atoms with Gasteiger partial charge in [0.15, 0.2) is 0 Å². The van der Waals surface area contributed by atoms with E-state index in [1.807, 2.05) is 18.2 Å². The van der Waals surface area contributed by atoms with Crippen LogP contribution in [0.2, 0.25) is 0 Å². The van der Waals surface area contributed by atoms with Crippen LogP contribution in [0.1, 0.15) is 16.8 Å². The van der Waals surface area contributed by atoms with E-state index in [0.717, 1.165) is 25.1 Å². The third kappa shape index (κ3) is 1.17. The predicted molar refractivity (Wildman–Crippen MR) is 63.0 cm³/mol. The van der Waals surface area contributed by atoms with E-state index in [1.165, 1.54) is 22.2 Å². The van der Waals surface area contributed by atoms with Crippen LogP contribution in [-0.4, -0.2) is 11.1 Å². The highest BCUT2D eigenvalue weighted by atomic mass is 15.0. The van der Waals surface area contributed by atoms with Gasteiger partial charge in [-0.1, -0.05) is 0 Å². The third-order valence-corrected chi connectivity index (χ3v) is 3.41. The van der Waals surface area contributed by atoms with E-state index in [-0.39, 0.29) is 0 Å². The number of hydrogen-bond acceptors (Lipinski definition) is 2. The van der Waals surface area contributed by atoms with E-state index in [9.17, 15) is 0 Å². The van der Waals surface area contributed by atoms with Crippen molar-refractivity contribution < 1.29 is 0 Å². The number of aromatic nitrogens is 1. The molecule has 80 valence electrons. The van der Waals surface area contributed by atoms with E-state index in [4.69, 9.17) is 5.26 Å².